The Morgan fingerprint density at radius 2 is 1.69 bits per heavy atom. The molecule has 0 atom stereocenters. The summed E-state index contributed by atoms with van der Waals surface area (Å²) >= 11 is 0. The molecule has 0 bridgehead atoms. The molecular weight excluding hydrogens is 322 g/mol. The van der Waals surface area contributed by atoms with E-state index in [2.05, 4.69) is 65.7 Å². The summed E-state index contributed by atoms with van der Waals surface area (Å²) in [6.45, 7) is 6.95. The second kappa shape index (κ2) is 9.20. The fraction of sp³-hybridized carbons (Fsp3) is 0.318. The van der Waals surface area contributed by atoms with Gasteiger partial charge in [0.15, 0.2) is 0 Å². The first-order valence-corrected chi connectivity index (χ1v) is 9.23. The molecule has 2 aromatic rings. The van der Waals surface area contributed by atoms with E-state index in [0.29, 0.717) is 6.54 Å². The van der Waals surface area contributed by atoms with Crippen molar-refractivity contribution < 1.29 is 4.79 Å². The third-order valence-corrected chi connectivity index (χ3v) is 4.70. The van der Waals surface area contributed by atoms with Gasteiger partial charge in [-0.1, -0.05) is 72.3 Å². The number of carbonyl (C=O) groups excluding carboxylic acids is 1. The first-order chi connectivity index (χ1) is 12.7. The lowest BCUT2D eigenvalue weighted by molar-refractivity contribution is 0.146. The van der Waals surface area contributed by atoms with Gasteiger partial charge in [0.1, 0.15) is 0 Å². The summed E-state index contributed by atoms with van der Waals surface area (Å²) in [5.41, 5.74) is 3.59. The van der Waals surface area contributed by atoms with Crippen LogP contribution in [-0.2, 0) is 6.54 Å². The lowest BCUT2D eigenvalue weighted by atomic mass is 10.1. The van der Waals surface area contributed by atoms with Crippen LogP contribution in [0, 0.1) is 6.92 Å². The van der Waals surface area contributed by atoms with E-state index < -0.39 is 0 Å². The van der Waals surface area contributed by atoms with Crippen LogP contribution in [0.25, 0.3) is 6.08 Å². The Hall–Kier alpha value is -2.59. The van der Waals surface area contributed by atoms with Crippen molar-refractivity contribution in [1.29, 1.82) is 0 Å². The zero-order chi connectivity index (χ0) is 18.2. The molecule has 136 valence electrons. The number of carbonyl (C=O) groups is 1. The molecule has 3 rings (SSSR count). The van der Waals surface area contributed by atoms with E-state index in [4.69, 9.17) is 0 Å². The molecule has 0 aliphatic carbocycles. The molecule has 1 saturated heterocycles. The first kappa shape index (κ1) is 18.2. The maximum atomic E-state index is 12.3. The van der Waals surface area contributed by atoms with Crippen molar-refractivity contribution in [2.24, 2.45) is 0 Å². The zero-order valence-electron chi connectivity index (χ0n) is 15.4. The molecule has 2 aromatic carbocycles. The predicted octanol–water partition coefficient (Wildman–Crippen LogP) is 3.54. The Labute approximate surface area is 156 Å². The molecule has 2 amide bonds. The van der Waals surface area contributed by atoms with Crippen molar-refractivity contribution >= 4 is 12.1 Å². The second-order valence-electron chi connectivity index (χ2n) is 6.75. The minimum atomic E-state index is 0.0325. The van der Waals surface area contributed by atoms with Crippen molar-refractivity contribution in [2.75, 3.05) is 32.7 Å². The number of rotatable bonds is 5. The molecule has 0 unspecified atom stereocenters. The number of hydrogen-bond donors (Lipinski definition) is 1. The summed E-state index contributed by atoms with van der Waals surface area (Å²) in [6.07, 6.45) is 4.35. The van der Waals surface area contributed by atoms with Crippen LogP contribution in [0.5, 0.6) is 0 Å². The lowest BCUT2D eigenvalue weighted by Crippen LogP contribution is -2.51. The Kier molecular flexibility index (Phi) is 6.45. The van der Waals surface area contributed by atoms with E-state index in [1.54, 1.807) is 0 Å². The van der Waals surface area contributed by atoms with Crippen LogP contribution in [0.2, 0.25) is 0 Å². The molecule has 4 heteroatoms. The maximum absolute atomic E-state index is 12.3. The molecule has 1 heterocycles. The Morgan fingerprint density at radius 3 is 2.38 bits per heavy atom. The van der Waals surface area contributed by atoms with Gasteiger partial charge in [0.2, 0.25) is 0 Å². The monoisotopic (exact) mass is 349 g/mol. The summed E-state index contributed by atoms with van der Waals surface area (Å²) in [4.78, 5) is 16.6. The highest BCUT2D eigenvalue weighted by atomic mass is 16.2. The molecule has 0 aromatic heterocycles. The summed E-state index contributed by atoms with van der Waals surface area (Å²) in [5, 5.41) is 3.02. The van der Waals surface area contributed by atoms with Crippen LogP contribution in [0.3, 0.4) is 0 Å². The Bertz CT molecular complexity index is 717. The van der Waals surface area contributed by atoms with E-state index in [1.165, 1.54) is 11.1 Å². The van der Waals surface area contributed by atoms with E-state index in [0.717, 1.165) is 38.3 Å². The molecule has 26 heavy (non-hydrogen) atoms. The lowest BCUT2D eigenvalue weighted by Gasteiger charge is -2.34. The van der Waals surface area contributed by atoms with Gasteiger partial charge < -0.3 is 10.2 Å². The average Bonchev–Trinajstić information content (AvgIpc) is 2.69. The molecular formula is C22H27N3O. The van der Waals surface area contributed by atoms with Gasteiger partial charge in [-0.05, 0) is 18.1 Å². The molecule has 0 radical (unpaired) electrons. The predicted molar refractivity (Wildman–Crippen MR) is 107 cm³/mol. The highest BCUT2D eigenvalue weighted by Crippen LogP contribution is 2.06. The molecule has 1 aliphatic heterocycles. The van der Waals surface area contributed by atoms with Crippen molar-refractivity contribution in [3.8, 4) is 0 Å². The standard InChI is InChI=1S/C22H27N3O/c1-19-9-11-21(12-10-19)18-23-22(26)25-16-14-24(15-17-25)13-5-8-20-6-3-2-4-7-20/h2-12H,13-18H2,1H3,(H,23,26). The molecule has 4 nitrogen and oxygen atoms in total. The normalized spacial score (nSPS) is 15.3. The smallest absolute Gasteiger partial charge is 0.317 e. The SMILES string of the molecule is Cc1ccc(CNC(=O)N2CCN(CC=Cc3ccccc3)CC2)cc1. The van der Waals surface area contributed by atoms with Crippen molar-refractivity contribution in [2.45, 2.75) is 13.5 Å². The number of piperazine rings is 1. The van der Waals surface area contributed by atoms with Gasteiger partial charge in [0, 0.05) is 39.3 Å². The quantitative estimate of drug-likeness (QED) is 0.896. The fourth-order valence-electron chi connectivity index (χ4n) is 3.03. The summed E-state index contributed by atoms with van der Waals surface area (Å²) < 4.78 is 0. The largest absolute Gasteiger partial charge is 0.334 e. The van der Waals surface area contributed by atoms with Gasteiger partial charge in [-0.15, -0.1) is 0 Å². The Morgan fingerprint density at radius 1 is 1.00 bits per heavy atom. The van der Waals surface area contributed by atoms with Crippen LogP contribution >= 0.6 is 0 Å². The number of aryl methyl sites for hydroxylation is 1. The number of nitrogens with one attached hydrogen (secondary N) is 1. The summed E-state index contributed by atoms with van der Waals surface area (Å²) in [5.74, 6) is 0. The second-order valence-corrected chi connectivity index (χ2v) is 6.75. The first-order valence-electron chi connectivity index (χ1n) is 9.23. The van der Waals surface area contributed by atoms with Crippen LogP contribution in [0.15, 0.2) is 60.7 Å². The van der Waals surface area contributed by atoms with Gasteiger partial charge in [-0.25, -0.2) is 4.79 Å². The average molecular weight is 349 g/mol. The molecule has 1 fully saturated rings. The van der Waals surface area contributed by atoms with E-state index >= 15 is 0 Å². The molecule has 0 saturated carbocycles. The fourth-order valence-corrected chi connectivity index (χ4v) is 3.03. The highest BCUT2D eigenvalue weighted by Gasteiger charge is 2.19. The number of urea groups is 1. The maximum Gasteiger partial charge on any atom is 0.317 e. The van der Waals surface area contributed by atoms with Gasteiger partial charge in [0.05, 0.1) is 0 Å². The third-order valence-electron chi connectivity index (χ3n) is 4.70. The minimum Gasteiger partial charge on any atom is -0.334 e. The molecule has 1 aliphatic rings. The minimum absolute atomic E-state index is 0.0325. The van der Waals surface area contributed by atoms with Crippen LogP contribution in [0.1, 0.15) is 16.7 Å². The number of benzene rings is 2. The van der Waals surface area contributed by atoms with Crippen molar-refractivity contribution in [3.05, 3.63) is 77.4 Å². The van der Waals surface area contributed by atoms with Crippen LogP contribution in [-0.4, -0.2) is 48.6 Å². The van der Waals surface area contributed by atoms with Gasteiger partial charge in [-0.2, -0.15) is 0 Å². The number of hydrogen-bond acceptors (Lipinski definition) is 2. The zero-order valence-corrected chi connectivity index (χ0v) is 15.4. The summed E-state index contributed by atoms with van der Waals surface area (Å²) in [7, 11) is 0. The van der Waals surface area contributed by atoms with Crippen molar-refractivity contribution in [1.82, 2.24) is 15.1 Å². The van der Waals surface area contributed by atoms with Crippen LogP contribution in [0.4, 0.5) is 4.79 Å². The topological polar surface area (TPSA) is 35.6 Å². The van der Waals surface area contributed by atoms with E-state index in [-0.39, 0.29) is 6.03 Å². The highest BCUT2D eigenvalue weighted by molar-refractivity contribution is 5.74. The van der Waals surface area contributed by atoms with E-state index in [9.17, 15) is 4.79 Å². The molecule has 0 spiro atoms. The summed E-state index contributed by atoms with van der Waals surface area (Å²) in [6, 6.07) is 18.6. The van der Waals surface area contributed by atoms with Gasteiger partial charge >= 0.3 is 6.03 Å². The van der Waals surface area contributed by atoms with Crippen molar-refractivity contribution in [3.63, 3.8) is 0 Å². The third kappa shape index (κ3) is 5.46. The van der Waals surface area contributed by atoms with Crippen LogP contribution < -0.4 is 5.32 Å². The van der Waals surface area contributed by atoms with E-state index in [1.807, 2.05) is 23.1 Å². The Balaban J connectivity index is 1.38. The van der Waals surface area contributed by atoms with Gasteiger partial charge in [0.25, 0.3) is 0 Å². The number of nitrogens with zero attached hydrogens (tertiary/aromatic N) is 2. The van der Waals surface area contributed by atoms with Gasteiger partial charge in [-0.3, -0.25) is 4.90 Å². The molecule has 1 N–H and O–H groups in total. The number of amides is 2.